The zero-order valence-electron chi connectivity index (χ0n) is 9.00. The number of carbonyl (C=O) groups excluding carboxylic acids is 1. The second kappa shape index (κ2) is 6.66. The Bertz CT molecular complexity index is 397. The summed E-state index contributed by atoms with van der Waals surface area (Å²) in [5.41, 5.74) is 0. The molecule has 0 fully saturated rings. The van der Waals surface area contributed by atoms with E-state index in [0.717, 1.165) is 10.2 Å². The molecule has 0 aliphatic heterocycles. The van der Waals surface area contributed by atoms with Gasteiger partial charge in [0.2, 0.25) is 5.91 Å². The number of rotatable bonds is 5. The molecule has 16 heavy (non-hydrogen) atoms. The van der Waals surface area contributed by atoms with Gasteiger partial charge in [-0.1, -0.05) is 6.92 Å². The van der Waals surface area contributed by atoms with Crippen molar-refractivity contribution in [2.45, 2.75) is 19.8 Å². The van der Waals surface area contributed by atoms with Crippen molar-refractivity contribution in [3.63, 3.8) is 0 Å². The fourth-order valence-corrected chi connectivity index (χ4v) is 2.74. The molecule has 1 aromatic rings. The monoisotopic (exact) mass is 300 g/mol. The highest BCUT2D eigenvalue weighted by Gasteiger charge is 2.14. The van der Waals surface area contributed by atoms with Crippen LogP contribution in [0.4, 0.5) is 0 Å². The van der Waals surface area contributed by atoms with Crippen molar-refractivity contribution in [3.8, 4) is 6.07 Å². The number of amides is 1. The molecule has 0 aromatic carbocycles. The first-order valence-electron chi connectivity index (χ1n) is 5.09. The summed E-state index contributed by atoms with van der Waals surface area (Å²) in [7, 11) is 0. The number of hydrogen-bond acceptors (Lipinski definition) is 3. The van der Waals surface area contributed by atoms with Crippen molar-refractivity contribution in [1.82, 2.24) is 5.32 Å². The molecule has 0 saturated carbocycles. The van der Waals surface area contributed by atoms with Crippen molar-refractivity contribution in [2.75, 3.05) is 6.54 Å². The van der Waals surface area contributed by atoms with Crippen LogP contribution in [0.15, 0.2) is 15.9 Å². The van der Waals surface area contributed by atoms with Crippen molar-refractivity contribution in [3.05, 3.63) is 20.8 Å². The minimum absolute atomic E-state index is 0.166. The van der Waals surface area contributed by atoms with Crippen LogP contribution < -0.4 is 5.32 Å². The summed E-state index contributed by atoms with van der Waals surface area (Å²) in [6, 6.07) is 6.01. The van der Waals surface area contributed by atoms with Crippen LogP contribution in [0, 0.1) is 17.2 Å². The van der Waals surface area contributed by atoms with E-state index in [2.05, 4.69) is 21.2 Å². The zero-order valence-corrected chi connectivity index (χ0v) is 11.4. The third-order valence-corrected chi connectivity index (χ3v) is 3.86. The van der Waals surface area contributed by atoms with Gasteiger partial charge >= 0.3 is 0 Å². The average Bonchev–Trinajstić information content (AvgIpc) is 2.66. The maximum Gasteiger partial charge on any atom is 0.237 e. The lowest BCUT2D eigenvalue weighted by atomic mass is 10.1. The lowest BCUT2D eigenvalue weighted by molar-refractivity contribution is -0.123. The minimum Gasteiger partial charge on any atom is -0.355 e. The number of hydrogen-bond donors (Lipinski definition) is 1. The molecular formula is C11H13BrN2OS. The van der Waals surface area contributed by atoms with Gasteiger partial charge in [0.1, 0.15) is 5.92 Å². The third-order valence-electron chi connectivity index (χ3n) is 2.18. The molecule has 0 spiro atoms. The van der Waals surface area contributed by atoms with Crippen LogP contribution in [0.5, 0.6) is 0 Å². The second-order valence-corrected chi connectivity index (χ2v) is 5.88. The van der Waals surface area contributed by atoms with Crippen LogP contribution in [-0.2, 0) is 11.2 Å². The lowest BCUT2D eigenvalue weighted by Gasteiger charge is -2.06. The largest absolute Gasteiger partial charge is 0.355 e. The van der Waals surface area contributed by atoms with Gasteiger partial charge in [-0.25, -0.2) is 0 Å². The van der Waals surface area contributed by atoms with E-state index in [-0.39, 0.29) is 5.91 Å². The fraction of sp³-hybridized carbons (Fsp3) is 0.455. The van der Waals surface area contributed by atoms with Crippen LogP contribution >= 0.6 is 27.3 Å². The molecule has 1 rings (SSSR count). The van der Waals surface area contributed by atoms with Gasteiger partial charge in [0.25, 0.3) is 0 Å². The van der Waals surface area contributed by atoms with Gasteiger partial charge < -0.3 is 5.32 Å². The summed E-state index contributed by atoms with van der Waals surface area (Å²) >= 11 is 5.05. The van der Waals surface area contributed by atoms with E-state index in [9.17, 15) is 4.79 Å². The summed E-state index contributed by atoms with van der Waals surface area (Å²) < 4.78 is 1.09. The van der Waals surface area contributed by atoms with Gasteiger partial charge in [0, 0.05) is 11.4 Å². The summed E-state index contributed by atoms with van der Waals surface area (Å²) in [4.78, 5) is 12.7. The van der Waals surface area contributed by atoms with E-state index >= 15 is 0 Å². The van der Waals surface area contributed by atoms with Crippen LogP contribution in [0.2, 0.25) is 0 Å². The molecule has 1 amide bonds. The Morgan fingerprint density at radius 1 is 1.69 bits per heavy atom. The first-order chi connectivity index (χ1) is 7.67. The standard InChI is InChI=1S/C11H13BrN2OS/c1-2-8(7-13)11(15)14-6-5-9-3-4-10(12)16-9/h3-4,8H,2,5-6H2,1H3,(H,14,15). The molecule has 86 valence electrons. The summed E-state index contributed by atoms with van der Waals surface area (Å²) in [6.07, 6.45) is 1.37. The number of thiophene rings is 1. The average molecular weight is 301 g/mol. The SMILES string of the molecule is CCC(C#N)C(=O)NCCc1ccc(Br)s1. The summed E-state index contributed by atoms with van der Waals surface area (Å²) in [5, 5.41) is 11.5. The highest BCUT2D eigenvalue weighted by Crippen LogP contribution is 2.22. The fourth-order valence-electron chi connectivity index (χ4n) is 1.25. The molecule has 1 unspecified atom stereocenters. The predicted octanol–water partition coefficient (Wildman–Crippen LogP) is 2.72. The predicted molar refractivity (Wildman–Crippen MR) is 68.1 cm³/mol. The Labute approximate surface area is 108 Å². The molecule has 1 heterocycles. The molecule has 0 aliphatic carbocycles. The molecule has 1 aromatic heterocycles. The van der Waals surface area contributed by atoms with Gasteiger partial charge in [-0.15, -0.1) is 11.3 Å². The molecule has 0 bridgehead atoms. The normalized spacial score (nSPS) is 11.8. The maximum absolute atomic E-state index is 11.5. The van der Waals surface area contributed by atoms with Crippen molar-refractivity contribution < 1.29 is 4.79 Å². The molecular weight excluding hydrogens is 288 g/mol. The van der Waals surface area contributed by atoms with E-state index in [0.29, 0.717) is 13.0 Å². The van der Waals surface area contributed by atoms with Gasteiger partial charge in [-0.05, 0) is 40.9 Å². The number of nitrogens with zero attached hydrogens (tertiary/aromatic N) is 1. The van der Waals surface area contributed by atoms with E-state index in [4.69, 9.17) is 5.26 Å². The van der Waals surface area contributed by atoms with Gasteiger partial charge in [-0.2, -0.15) is 5.26 Å². The maximum atomic E-state index is 11.5. The number of halogens is 1. The first-order valence-corrected chi connectivity index (χ1v) is 6.69. The minimum atomic E-state index is -0.518. The van der Waals surface area contributed by atoms with Crippen molar-refractivity contribution in [1.29, 1.82) is 5.26 Å². The van der Waals surface area contributed by atoms with Gasteiger partial charge in [0.05, 0.1) is 9.86 Å². The Morgan fingerprint density at radius 3 is 2.94 bits per heavy atom. The van der Waals surface area contributed by atoms with Gasteiger partial charge in [-0.3, -0.25) is 4.79 Å². The summed E-state index contributed by atoms with van der Waals surface area (Å²) in [5.74, 6) is -0.685. The molecule has 1 atom stereocenters. The van der Waals surface area contributed by atoms with Crippen LogP contribution in [0.25, 0.3) is 0 Å². The van der Waals surface area contributed by atoms with Crippen LogP contribution in [0.1, 0.15) is 18.2 Å². The number of carbonyl (C=O) groups is 1. The second-order valence-electron chi connectivity index (χ2n) is 3.34. The molecule has 0 aliphatic rings. The first kappa shape index (κ1) is 13.2. The smallest absolute Gasteiger partial charge is 0.237 e. The quantitative estimate of drug-likeness (QED) is 0.909. The highest BCUT2D eigenvalue weighted by molar-refractivity contribution is 9.11. The number of nitrogens with one attached hydrogen (secondary N) is 1. The molecule has 5 heteroatoms. The van der Waals surface area contributed by atoms with Crippen molar-refractivity contribution >= 4 is 33.2 Å². The molecule has 0 saturated heterocycles. The molecule has 0 radical (unpaired) electrons. The Hall–Kier alpha value is -0.860. The Kier molecular flexibility index (Phi) is 5.50. The third kappa shape index (κ3) is 3.95. The van der Waals surface area contributed by atoms with E-state index in [1.165, 1.54) is 4.88 Å². The molecule has 1 N–H and O–H groups in total. The van der Waals surface area contributed by atoms with Crippen LogP contribution in [0.3, 0.4) is 0 Å². The Morgan fingerprint density at radius 2 is 2.44 bits per heavy atom. The van der Waals surface area contributed by atoms with Gasteiger partial charge in [0.15, 0.2) is 0 Å². The Balaban J connectivity index is 2.31. The lowest BCUT2D eigenvalue weighted by Crippen LogP contribution is -2.31. The van der Waals surface area contributed by atoms with E-state index in [1.807, 2.05) is 25.1 Å². The van der Waals surface area contributed by atoms with Crippen molar-refractivity contribution in [2.24, 2.45) is 5.92 Å². The van der Waals surface area contributed by atoms with E-state index < -0.39 is 5.92 Å². The van der Waals surface area contributed by atoms with Crippen LogP contribution in [-0.4, -0.2) is 12.5 Å². The van der Waals surface area contributed by atoms with E-state index in [1.54, 1.807) is 11.3 Å². The number of nitriles is 1. The highest BCUT2D eigenvalue weighted by atomic mass is 79.9. The zero-order chi connectivity index (χ0) is 12.0. The summed E-state index contributed by atoms with van der Waals surface area (Å²) in [6.45, 7) is 2.42. The molecule has 3 nitrogen and oxygen atoms in total. The topological polar surface area (TPSA) is 52.9 Å².